The van der Waals surface area contributed by atoms with Gasteiger partial charge in [-0.05, 0) is 69.0 Å². The van der Waals surface area contributed by atoms with E-state index in [4.69, 9.17) is 4.74 Å². The predicted octanol–water partition coefficient (Wildman–Crippen LogP) is 4.69. The molecule has 3 aromatic rings. The zero-order chi connectivity index (χ0) is 18.8. The summed E-state index contributed by atoms with van der Waals surface area (Å²) in [6, 6.07) is 11.7. The molecular weight excluding hydrogens is 326 g/mol. The van der Waals surface area contributed by atoms with Gasteiger partial charge in [-0.15, -0.1) is 0 Å². The first-order valence-electron chi connectivity index (χ1n) is 8.97. The van der Waals surface area contributed by atoms with Crippen molar-refractivity contribution in [1.82, 2.24) is 4.57 Å². The first-order chi connectivity index (χ1) is 12.4. The van der Waals surface area contributed by atoms with Gasteiger partial charge in [0.05, 0.1) is 12.2 Å². The summed E-state index contributed by atoms with van der Waals surface area (Å²) in [5.74, 6) is -0.195. The zero-order valence-electron chi connectivity index (χ0n) is 15.8. The van der Waals surface area contributed by atoms with Crippen LogP contribution in [-0.2, 0) is 17.7 Å². The van der Waals surface area contributed by atoms with E-state index in [0.29, 0.717) is 12.2 Å². The molecule has 1 heterocycles. The van der Waals surface area contributed by atoms with Gasteiger partial charge in [0, 0.05) is 23.1 Å². The number of hydrogen-bond donors (Lipinski definition) is 1. The van der Waals surface area contributed by atoms with E-state index in [1.165, 1.54) is 16.7 Å². The van der Waals surface area contributed by atoms with Gasteiger partial charge in [-0.2, -0.15) is 0 Å². The lowest BCUT2D eigenvalue weighted by Crippen LogP contribution is -2.08. The van der Waals surface area contributed by atoms with Crippen LogP contribution in [0.15, 0.2) is 36.4 Å². The second kappa shape index (κ2) is 7.24. The molecule has 0 saturated heterocycles. The van der Waals surface area contributed by atoms with Crippen LogP contribution < -0.4 is 0 Å². The van der Waals surface area contributed by atoms with Gasteiger partial charge in [-0.3, -0.25) is 0 Å². The van der Waals surface area contributed by atoms with Crippen molar-refractivity contribution in [3.05, 3.63) is 64.3 Å². The summed E-state index contributed by atoms with van der Waals surface area (Å²) in [6.45, 7) is 9.05. The van der Waals surface area contributed by atoms with Crippen LogP contribution in [0.25, 0.3) is 10.9 Å². The summed E-state index contributed by atoms with van der Waals surface area (Å²) in [4.78, 5) is 12.4. The van der Waals surface area contributed by atoms with Crippen LogP contribution in [0.3, 0.4) is 0 Å². The van der Waals surface area contributed by atoms with E-state index in [-0.39, 0.29) is 11.7 Å². The molecule has 4 heteroatoms. The molecule has 0 fully saturated rings. The van der Waals surface area contributed by atoms with Crippen LogP contribution >= 0.6 is 0 Å². The second-order valence-corrected chi connectivity index (χ2v) is 6.70. The van der Waals surface area contributed by atoms with Crippen LogP contribution in [0, 0.1) is 20.8 Å². The monoisotopic (exact) mass is 351 g/mol. The minimum absolute atomic E-state index is 0.148. The third-order valence-electron chi connectivity index (χ3n) is 4.98. The van der Waals surface area contributed by atoms with Crippen molar-refractivity contribution in [2.24, 2.45) is 0 Å². The second-order valence-electron chi connectivity index (χ2n) is 6.70. The lowest BCUT2D eigenvalue weighted by Gasteiger charge is -2.10. The van der Waals surface area contributed by atoms with E-state index in [1.54, 1.807) is 19.1 Å². The van der Waals surface area contributed by atoms with Crippen molar-refractivity contribution >= 4 is 16.9 Å². The Bertz CT molecular complexity index is 969. The average Bonchev–Trinajstić information content (AvgIpc) is 2.87. The summed E-state index contributed by atoms with van der Waals surface area (Å²) in [5.41, 5.74) is 6.19. The lowest BCUT2D eigenvalue weighted by atomic mass is 10.0. The number of carbonyl (C=O) groups excluding carboxylic acids is 1. The number of benzene rings is 2. The van der Waals surface area contributed by atoms with Crippen molar-refractivity contribution < 1.29 is 14.6 Å². The molecule has 4 nitrogen and oxygen atoms in total. The number of ether oxygens (including phenoxy) is 1. The highest BCUT2D eigenvalue weighted by atomic mass is 16.5. The van der Waals surface area contributed by atoms with Gasteiger partial charge in [0.25, 0.3) is 0 Å². The van der Waals surface area contributed by atoms with Gasteiger partial charge < -0.3 is 14.4 Å². The number of rotatable bonds is 5. The number of phenolic OH excluding ortho intramolecular Hbond substituents is 1. The molecule has 26 heavy (non-hydrogen) atoms. The van der Waals surface area contributed by atoms with Crippen LogP contribution in [0.1, 0.15) is 39.7 Å². The molecule has 1 N–H and O–H groups in total. The Morgan fingerprint density at radius 2 is 1.85 bits per heavy atom. The molecule has 0 saturated carbocycles. The predicted molar refractivity (Wildman–Crippen MR) is 104 cm³/mol. The standard InChI is InChI=1S/C22H25NO3/c1-5-26-22(25)21-16(4)23(20-9-8-18(24)13-19(20)21)11-10-17-7-6-14(2)15(3)12-17/h6-9,12-13,24H,5,10-11H2,1-4H3. The molecule has 0 aliphatic carbocycles. The number of aromatic nitrogens is 1. The van der Waals surface area contributed by atoms with Gasteiger partial charge >= 0.3 is 5.97 Å². The van der Waals surface area contributed by atoms with Crippen LogP contribution in [0.4, 0.5) is 0 Å². The number of phenols is 1. The molecule has 0 spiro atoms. The maximum atomic E-state index is 12.4. The molecule has 3 rings (SSSR count). The third kappa shape index (κ3) is 3.32. The van der Waals surface area contributed by atoms with Crippen LogP contribution in [0.2, 0.25) is 0 Å². The number of fused-ring (bicyclic) bond motifs is 1. The van der Waals surface area contributed by atoms with E-state index in [2.05, 4.69) is 36.6 Å². The maximum Gasteiger partial charge on any atom is 0.340 e. The average molecular weight is 351 g/mol. The highest BCUT2D eigenvalue weighted by Gasteiger charge is 2.21. The molecule has 0 unspecified atom stereocenters. The summed E-state index contributed by atoms with van der Waals surface area (Å²) in [7, 11) is 0. The summed E-state index contributed by atoms with van der Waals surface area (Å²) >= 11 is 0. The fourth-order valence-electron chi connectivity index (χ4n) is 3.42. The minimum Gasteiger partial charge on any atom is -0.508 e. The van der Waals surface area contributed by atoms with Crippen LogP contribution in [0.5, 0.6) is 5.75 Å². The summed E-state index contributed by atoms with van der Waals surface area (Å²) in [6.07, 6.45) is 0.870. The van der Waals surface area contributed by atoms with Crippen LogP contribution in [-0.4, -0.2) is 22.2 Å². The molecule has 0 bridgehead atoms. The summed E-state index contributed by atoms with van der Waals surface area (Å²) < 4.78 is 7.36. The Balaban J connectivity index is 2.01. The fraction of sp³-hybridized carbons (Fsp3) is 0.318. The van der Waals surface area contributed by atoms with Crippen molar-refractivity contribution in [3.8, 4) is 5.75 Å². The Labute approximate surface area is 154 Å². The minimum atomic E-state index is -0.342. The number of aromatic hydroxyl groups is 1. The van der Waals surface area contributed by atoms with Crippen molar-refractivity contribution in [3.63, 3.8) is 0 Å². The Morgan fingerprint density at radius 1 is 1.08 bits per heavy atom. The van der Waals surface area contributed by atoms with Crippen molar-refractivity contribution in [1.29, 1.82) is 0 Å². The van der Waals surface area contributed by atoms with Gasteiger partial charge in [0.2, 0.25) is 0 Å². The quantitative estimate of drug-likeness (QED) is 0.678. The zero-order valence-corrected chi connectivity index (χ0v) is 15.8. The molecule has 0 atom stereocenters. The first-order valence-corrected chi connectivity index (χ1v) is 8.97. The highest BCUT2D eigenvalue weighted by Crippen LogP contribution is 2.30. The van der Waals surface area contributed by atoms with Gasteiger partial charge in [-0.25, -0.2) is 4.79 Å². The summed E-state index contributed by atoms with van der Waals surface area (Å²) in [5, 5.41) is 10.6. The largest absolute Gasteiger partial charge is 0.508 e. The smallest absolute Gasteiger partial charge is 0.340 e. The fourth-order valence-corrected chi connectivity index (χ4v) is 3.42. The Morgan fingerprint density at radius 3 is 2.54 bits per heavy atom. The van der Waals surface area contributed by atoms with Crippen molar-refractivity contribution in [2.45, 2.75) is 40.7 Å². The number of esters is 1. The molecular formula is C22H25NO3. The number of nitrogens with zero attached hydrogens (tertiary/aromatic N) is 1. The van der Waals surface area contributed by atoms with Gasteiger partial charge in [-0.1, -0.05) is 18.2 Å². The molecule has 0 amide bonds. The van der Waals surface area contributed by atoms with E-state index < -0.39 is 0 Å². The number of carbonyl (C=O) groups is 1. The molecule has 0 radical (unpaired) electrons. The van der Waals surface area contributed by atoms with E-state index in [9.17, 15) is 9.90 Å². The Kier molecular flexibility index (Phi) is 5.03. The molecule has 1 aromatic heterocycles. The van der Waals surface area contributed by atoms with E-state index in [1.807, 2.05) is 13.0 Å². The SMILES string of the molecule is CCOC(=O)c1c(C)n(CCc2ccc(C)c(C)c2)c2ccc(O)cc12. The maximum absolute atomic E-state index is 12.4. The van der Waals surface area contributed by atoms with Gasteiger partial charge in [0.1, 0.15) is 5.75 Å². The first kappa shape index (κ1) is 18.1. The van der Waals surface area contributed by atoms with Crippen molar-refractivity contribution in [2.75, 3.05) is 6.61 Å². The molecule has 136 valence electrons. The molecule has 0 aliphatic rings. The molecule has 2 aromatic carbocycles. The van der Waals surface area contributed by atoms with Gasteiger partial charge in [0.15, 0.2) is 0 Å². The third-order valence-corrected chi connectivity index (χ3v) is 4.98. The number of aryl methyl sites for hydroxylation is 4. The van der Waals surface area contributed by atoms with E-state index >= 15 is 0 Å². The topological polar surface area (TPSA) is 51.5 Å². The molecule has 0 aliphatic heterocycles. The highest BCUT2D eigenvalue weighted by molar-refractivity contribution is 6.06. The Hall–Kier alpha value is -2.75. The van der Waals surface area contributed by atoms with E-state index in [0.717, 1.165) is 29.6 Å². The number of hydrogen-bond acceptors (Lipinski definition) is 3. The lowest BCUT2D eigenvalue weighted by molar-refractivity contribution is 0.0527. The normalized spacial score (nSPS) is 11.1.